The lowest BCUT2D eigenvalue weighted by molar-refractivity contribution is -0.140. The number of hydrogen-bond acceptors (Lipinski definition) is 5. The molecular weight excluding hydrogens is 382 g/mol. The average Bonchev–Trinajstić information content (AvgIpc) is 3.48. The highest BCUT2D eigenvalue weighted by molar-refractivity contribution is 5.93. The van der Waals surface area contributed by atoms with Crippen LogP contribution in [0, 0.1) is 0 Å². The Bertz CT molecular complexity index is 1010. The van der Waals surface area contributed by atoms with E-state index in [9.17, 15) is 9.59 Å². The number of benzene rings is 2. The summed E-state index contributed by atoms with van der Waals surface area (Å²) >= 11 is 0. The van der Waals surface area contributed by atoms with Crippen LogP contribution in [-0.4, -0.2) is 46.8 Å². The maximum absolute atomic E-state index is 13.1. The van der Waals surface area contributed by atoms with Crippen molar-refractivity contribution < 1.29 is 19.1 Å². The Kier molecular flexibility index (Phi) is 5.79. The number of amides is 1. The molecule has 0 N–H and O–H groups in total. The van der Waals surface area contributed by atoms with Crippen molar-refractivity contribution in [2.45, 2.75) is 18.9 Å². The second-order valence-electron chi connectivity index (χ2n) is 7.05. The second-order valence-corrected chi connectivity index (χ2v) is 7.05. The SMILES string of the molecule is COc1cn(-c2ccccc2)nc1C(=O)O[C@@H](C(=O)N1CCCC1)c1ccccc1. The van der Waals surface area contributed by atoms with E-state index in [2.05, 4.69) is 5.10 Å². The van der Waals surface area contributed by atoms with E-state index >= 15 is 0 Å². The first-order valence-electron chi connectivity index (χ1n) is 9.91. The zero-order valence-electron chi connectivity index (χ0n) is 16.7. The third-order valence-electron chi connectivity index (χ3n) is 5.08. The Balaban J connectivity index is 1.62. The highest BCUT2D eigenvalue weighted by atomic mass is 16.6. The molecule has 1 aliphatic heterocycles. The van der Waals surface area contributed by atoms with Crippen LogP contribution < -0.4 is 4.74 Å². The lowest BCUT2D eigenvalue weighted by Gasteiger charge is -2.23. The Morgan fingerprint density at radius 2 is 1.60 bits per heavy atom. The van der Waals surface area contributed by atoms with Gasteiger partial charge < -0.3 is 14.4 Å². The van der Waals surface area contributed by atoms with Gasteiger partial charge in [0.25, 0.3) is 5.91 Å². The van der Waals surface area contributed by atoms with Gasteiger partial charge in [-0.15, -0.1) is 0 Å². The summed E-state index contributed by atoms with van der Waals surface area (Å²) in [6.07, 6.45) is 2.50. The smallest absolute Gasteiger partial charge is 0.363 e. The first-order chi connectivity index (χ1) is 14.7. The third-order valence-corrected chi connectivity index (χ3v) is 5.08. The minimum Gasteiger partial charge on any atom is -0.493 e. The van der Waals surface area contributed by atoms with Crippen LogP contribution in [0.2, 0.25) is 0 Å². The number of likely N-dealkylation sites (tertiary alicyclic amines) is 1. The van der Waals surface area contributed by atoms with Crippen LogP contribution in [0.15, 0.2) is 66.9 Å². The average molecular weight is 405 g/mol. The zero-order valence-corrected chi connectivity index (χ0v) is 16.7. The van der Waals surface area contributed by atoms with Gasteiger partial charge in [-0.2, -0.15) is 5.10 Å². The van der Waals surface area contributed by atoms with Crippen molar-refractivity contribution in [3.05, 3.63) is 78.1 Å². The molecule has 0 bridgehead atoms. The van der Waals surface area contributed by atoms with Crippen LogP contribution in [0.1, 0.15) is 35.0 Å². The van der Waals surface area contributed by atoms with Crippen LogP contribution in [0.3, 0.4) is 0 Å². The molecule has 3 aromatic rings. The van der Waals surface area contributed by atoms with E-state index in [4.69, 9.17) is 9.47 Å². The van der Waals surface area contributed by atoms with Crippen molar-refractivity contribution in [3.8, 4) is 11.4 Å². The fourth-order valence-corrected chi connectivity index (χ4v) is 3.52. The number of methoxy groups -OCH3 is 1. The number of para-hydroxylation sites is 1. The predicted octanol–water partition coefficient (Wildman–Crippen LogP) is 3.40. The monoisotopic (exact) mass is 405 g/mol. The lowest BCUT2D eigenvalue weighted by Crippen LogP contribution is -2.35. The molecule has 0 radical (unpaired) electrons. The summed E-state index contributed by atoms with van der Waals surface area (Å²) in [5.41, 5.74) is 1.43. The summed E-state index contributed by atoms with van der Waals surface area (Å²) < 4.78 is 12.6. The summed E-state index contributed by atoms with van der Waals surface area (Å²) in [5, 5.41) is 4.35. The van der Waals surface area contributed by atoms with Crippen LogP contribution in [0.25, 0.3) is 5.69 Å². The van der Waals surface area contributed by atoms with Gasteiger partial charge in [0.1, 0.15) is 0 Å². The molecule has 4 rings (SSSR count). The Labute approximate surface area is 174 Å². The number of aromatic nitrogens is 2. The van der Waals surface area contributed by atoms with E-state index in [1.807, 2.05) is 48.5 Å². The van der Waals surface area contributed by atoms with Gasteiger partial charge in [0.2, 0.25) is 11.8 Å². The van der Waals surface area contributed by atoms with Gasteiger partial charge in [0.15, 0.2) is 5.75 Å². The highest BCUT2D eigenvalue weighted by Crippen LogP contribution is 2.27. The molecule has 0 spiro atoms. The third kappa shape index (κ3) is 4.05. The quantitative estimate of drug-likeness (QED) is 0.588. The molecular formula is C23H23N3O4. The first-order valence-corrected chi connectivity index (χ1v) is 9.91. The second kappa shape index (κ2) is 8.82. The van der Waals surface area contributed by atoms with Crippen LogP contribution in [-0.2, 0) is 9.53 Å². The number of hydrogen-bond donors (Lipinski definition) is 0. The molecule has 2 aromatic carbocycles. The molecule has 1 amide bonds. The Morgan fingerprint density at radius 3 is 2.23 bits per heavy atom. The van der Waals surface area contributed by atoms with E-state index in [-0.39, 0.29) is 17.4 Å². The Hall–Kier alpha value is -3.61. The van der Waals surface area contributed by atoms with Crippen molar-refractivity contribution in [1.29, 1.82) is 0 Å². The molecule has 0 unspecified atom stereocenters. The molecule has 0 aliphatic carbocycles. The summed E-state index contributed by atoms with van der Waals surface area (Å²) in [6, 6.07) is 18.4. The number of carbonyl (C=O) groups is 2. The van der Waals surface area contributed by atoms with Gasteiger partial charge in [-0.3, -0.25) is 4.79 Å². The summed E-state index contributed by atoms with van der Waals surface area (Å²) in [4.78, 5) is 27.8. The first kappa shape index (κ1) is 19.7. The van der Waals surface area contributed by atoms with Crippen molar-refractivity contribution in [2.24, 2.45) is 0 Å². The van der Waals surface area contributed by atoms with E-state index in [0.717, 1.165) is 18.5 Å². The maximum atomic E-state index is 13.1. The summed E-state index contributed by atoms with van der Waals surface area (Å²) in [5.74, 6) is -0.638. The molecule has 7 nitrogen and oxygen atoms in total. The number of rotatable bonds is 6. The molecule has 1 aromatic heterocycles. The van der Waals surface area contributed by atoms with Crippen molar-refractivity contribution >= 4 is 11.9 Å². The molecule has 1 fully saturated rings. The van der Waals surface area contributed by atoms with Crippen LogP contribution in [0.5, 0.6) is 5.75 Å². The molecule has 30 heavy (non-hydrogen) atoms. The fraction of sp³-hybridized carbons (Fsp3) is 0.261. The molecule has 1 atom stereocenters. The van der Waals surface area contributed by atoms with E-state index in [1.54, 1.807) is 27.9 Å². The normalized spacial score (nSPS) is 14.4. The molecule has 2 heterocycles. The Morgan fingerprint density at radius 1 is 0.967 bits per heavy atom. The van der Waals surface area contributed by atoms with Gasteiger partial charge in [-0.1, -0.05) is 48.5 Å². The standard InChI is InChI=1S/C23H23N3O4/c1-29-19-16-26(18-12-6-3-7-13-18)24-20(19)23(28)30-21(17-10-4-2-5-11-17)22(27)25-14-8-9-15-25/h2-7,10-13,16,21H,8-9,14-15H2,1H3/t21-/m1/s1. The molecule has 154 valence electrons. The summed E-state index contributed by atoms with van der Waals surface area (Å²) in [6.45, 7) is 1.34. The lowest BCUT2D eigenvalue weighted by atomic mass is 10.1. The molecule has 1 saturated heterocycles. The van der Waals surface area contributed by atoms with Crippen LogP contribution >= 0.6 is 0 Å². The van der Waals surface area contributed by atoms with Gasteiger partial charge in [-0.05, 0) is 25.0 Å². The minimum absolute atomic E-state index is 0.0245. The topological polar surface area (TPSA) is 73.7 Å². The zero-order chi connectivity index (χ0) is 20.9. The largest absolute Gasteiger partial charge is 0.493 e. The van der Waals surface area contributed by atoms with Crippen LogP contribution in [0.4, 0.5) is 0 Å². The molecule has 7 heteroatoms. The fourth-order valence-electron chi connectivity index (χ4n) is 3.52. The molecule has 1 aliphatic rings. The van der Waals surface area contributed by atoms with E-state index in [0.29, 0.717) is 18.7 Å². The highest BCUT2D eigenvalue weighted by Gasteiger charge is 2.33. The van der Waals surface area contributed by atoms with Crippen molar-refractivity contribution in [1.82, 2.24) is 14.7 Å². The predicted molar refractivity (Wildman–Crippen MR) is 111 cm³/mol. The van der Waals surface area contributed by atoms with Gasteiger partial charge in [0.05, 0.1) is 19.0 Å². The molecule has 0 saturated carbocycles. The van der Waals surface area contributed by atoms with E-state index in [1.165, 1.54) is 7.11 Å². The van der Waals surface area contributed by atoms with E-state index < -0.39 is 12.1 Å². The van der Waals surface area contributed by atoms with Gasteiger partial charge in [0, 0.05) is 18.7 Å². The summed E-state index contributed by atoms with van der Waals surface area (Å²) in [7, 11) is 1.47. The van der Waals surface area contributed by atoms with Gasteiger partial charge in [-0.25, -0.2) is 9.48 Å². The number of carbonyl (C=O) groups excluding carboxylic acids is 2. The van der Waals surface area contributed by atoms with Gasteiger partial charge >= 0.3 is 5.97 Å². The van der Waals surface area contributed by atoms with Crippen molar-refractivity contribution in [2.75, 3.05) is 20.2 Å². The van der Waals surface area contributed by atoms with Crippen molar-refractivity contribution in [3.63, 3.8) is 0 Å². The maximum Gasteiger partial charge on any atom is 0.363 e. The number of esters is 1. The number of ether oxygens (including phenoxy) is 2. The number of nitrogens with zero attached hydrogens (tertiary/aromatic N) is 3. The minimum atomic E-state index is -1.02.